The van der Waals surface area contributed by atoms with E-state index in [1.54, 1.807) is 0 Å². The van der Waals surface area contributed by atoms with Crippen molar-refractivity contribution in [2.24, 2.45) is 11.8 Å². The first-order chi connectivity index (χ1) is 51.9. The lowest BCUT2D eigenvalue weighted by atomic mass is 9.99. The highest BCUT2D eigenvalue weighted by Gasteiger charge is 2.31. The summed E-state index contributed by atoms with van der Waals surface area (Å²) in [6.45, 7) is 9.77. The maximum atomic E-state index is 13.2. The molecule has 17 nitrogen and oxygen atoms in total. The van der Waals surface area contributed by atoms with Crippen molar-refractivity contribution in [1.82, 2.24) is 0 Å². The fourth-order valence-corrected chi connectivity index (χ4v) is 15.3. The van der Waals surface area contributed by atoms with Crippen LogP contribution in [-0.4, -0.2) is 96.7 Å². The quantitative estimate of drug-likeness (QED) is 0.0222. The monoisotopic (exact) mass is 1560 g/mol. The van der Waals surface area contributed by atoms with Crippen molar-refractivity contribution in [2.45, 2.75) is 490 Å². The van der Waals surface area contributed by atoms with Gasteiger partial charge in [0.15, 0.2) is 12.2 Å². The summed E-state index contributed by atoms with van der Waals surface area (Å²) in [6.07, 6.45) is 72.1. The van der Waals surface area contributed by atoms with Gasteiger partial charge in [-0.05, 0) is 37.5 Å². The highest BCUT2D eigenvalue weighted by atomic mass is 31.2. The van der Waals surface area contributed by atoms with E-state index in [9.17, 15) is 43.2 Å². The Hall–Kier alpha value is -1.94. The van der Waals surface area contributed by atoms with Gasteiger partial charge in [-0.3, -0.25) is 37.3 Å². The van der Waals surface area contributed by atoms with Crippen LogP contribution in [0.4, 0.5) is 0 Å². The normalized spacial score (nSPS) is 14.0. The van der Waals surface area contributed by atoms with Crippen LogP contribution in [0.25, 0.3) is 0 Å². The largest absolute Gasteiger partial charge is 0.472 e. The van der Waals surface area contributed by atoms with E-state index in [1.165, 1.54) is 289 Å². The maximum absolute atomic E-state index is 13.2. The molecule has 0 aromatic heterocycles. The number of carbonyl (C=O) groups is 4. The maximum Gasteiger partial charge on any atom is 0.472 e. The molecule has 19 heteroatoms. The summed E-state index contributed by atoms with van der Waals surface area (Å²) in [5.74, 6) is -0.440. The Bertz CT molecular complexity index is 2050. The van der Waals surface area contributed by atoms with Crippen LogP contribution in [0.3, 0.4) is 0 Å². The molecule has 0 fully saturated rings. The molecule has 0 saturated carbocycles. The van der Waals surface area contributed by atoms with Crippen molar-refractivity contribution in [1.29, 1.82) is 0 Å². The molecule has 0 aromatic rings. The zero-order valence-corrected chi connectivity index (χ0v) is 72.2. The molecule has 0 aliphatic heterocycles. The topological polar surface area (TPSA) is 237 Å². The lowest BCUT2D eigenvalue weighted by Gasteiger charge is -2.21. The van der Waals surface area contributed by atoms with E-state index in [1.807, 2.05) is 0 Å². The zero-order valence-electron chi connectivity index (χ0n) is 70.5. The Morgan fingerprint density at radius 3 is 0.710 bits per heavy atom. The summed E-state index contributed by atoms with van der Waals surface area (Å²) < 4.78 is 69.0. The standard InChI is InChI=1S/C88H172O17P2/c1-7-10-12-14-16-18-20-22-23-26-30-35-41-47-53-59-65-71-86(91)99-77-84(104-87(92)72-66-60-54-48-42-36-31-28-25-24-27-29-34-39-45-51-57-63-69-81(6)9-3)79-103-107(96,97)101-75-82(89)74-100-106(94,95)102-78-83(76-98-85(90)70-64-58-52-46-40-21-19-17-15-13-11-8-2)105-88(93)73-67-61-55-49-43-37-32-33-38-44-50-56-62-68-80(4)5/h80-84,89H,7-79H2,1-6H3,(H,94,95)(H,96,97)/t81?,82-,83+,84+/m0/s1. The van der Waals surface area contributed by atoms with Crippen molar-refractivity contribution >= 4 is 39.5 Å². The minimum atomic E-state index is -4.97. The van der Waals surface area contributed by atoms with E-state index in [0.29, 0.717) is 25.7 Å². The van der Waals surface area contributed by atoms with Gasteiger partial charge in [0.1, 0.15) is 19.3 Å². The molecule has 0 aromatic carbocycles. The highest BCUT2D eigenvalue weighted by molar-refractivity contribution is 7.47. The average molecular weight is 1560 g/mol. The third-order valence-corrected chi connectivity index (χ3v) is 23.0. The summed E-state index contributed by atoms with van der Waals surface area (Å²) in [5, 5.41) is 10.7. The van der Waals surface area contributed by atoms with Gasteiger partial charge in [0, 0.05) is 25.7 Å². The van der Waals surface area contributed by atoms with Crippen LogP contribution in [0.1, 0.15) is 472 Å². The molecule has 0 spiro atoms. The van der Waals surface area contributed by atoms with Crippen molar-refractivity contribution < 1.29 is 80.2 Å². The van der Waals surface area contributed by atoms with Gasteiger partial charge in [-0.1, -0.05) is 420 Å². The first-order valence-corrected chi connectivity index (χ1v) is 48.5. The van der Waals surface area contributed by atoms with E-state index in [2.05, 4.69) is 41.5 Å². The molecule has 0 radical (unpaired) electrons. The second kappa shape index (κ2) is 79.3. The second-order valence-corrected chi connectivity index (χ2v) is 35.3. The van der Waals surface area contributed by atoms with Crippen LogP contribution in [0.5, 0.6) is 0 Å². The van der Waals surface area contributed by atoms with Crippen LogP contribution in [-0.2, 0) is 65.4 Å². The van der Waals surface area contributed by atoms with Crippen molar-refractivity contribution in [2.75, 3.05) is 39.6 Å². The predicted molar refractivity (Wildman–Crippen MR) is 442 cm³/mol. The smallest absolute Gasteiger partial charge is 0.462 e. The molecule has 0 bridgehead atoms. The lowest BCUT2D eigenvalue weighted by molar-refractivity contribution is -0.161. The first-order valence-electron chi connectivity index (χ1n) is 45.5. The number of phosphoric acid groups is 2. The molecule has 6 atom stereocenters. The van der Waals surface area contributed by atoms with Gasteiger partial charge in [-0.2, -0.15) is 0 Å². The van der Waals surface area contributed by atoms with E-state index >= 15 is 0 Å². The number of aliphatic hydroxyl groups is 1. The Morgan fingerprint density at radius 1 is 0.271 bits per heavy atom. The van der Waals surface area contributed by atoms with Crippen molar-refractivity contribution in [3.63, 3.8) is 0 Å². The van der Waals surface area contributed by atoms with E-state index in [4.69, 9.17) is 37.0 Å². The predicted octanol–water partition coefficient (Wildman–Crippen LogP) is 27.0. The highest BCUT2D eigenvalue weighted by Crippen LogP contribution is 2.45. The van der Waals surface area contributed by atoms with Gasteiger partial charge in [0.25, 0.3) is 0 Å². The van der Waals surface area contributed by atoms with Crippen LogP contribution < -0.4 is 0 Å². The van der Waals surface area contributed by atoms with E-state index in [-0.39, 0.29) is 25.7 Å². The van der Waals surface area contributed by atoms with E-state index < -0.39 is 97.5 Å². The van der Waals surface area contributed by atoms with Gasteiger partial charge < -0.3 is 33.8 Å². The fourth-order valence-electron chi connectivity index (χ4n) is 13.7. The Morgan fingerprint density at radius 2 is 0.477 bits per heavy atom. The number of unbranched alkanes of at least 4 members (excludes halogenated alkanes) is 56. The summed E-state index contributed by atoms with van der Waals surface area (Å²) in [6, 6.07) is 0. The minimum absolute atomic E-state index is 0.108. The van der Waals surface area contributed by atoms with Crippen molar-refractivity contribution in [3.05, 3.63) is 0 Å². The molecular weight excluding hydrogens is 1390 g/mol. The van der Waals surface area contributed by atoms with Gasteiger partial charge in [0.05, 0.1) is 26.4 Å². The average Bonchev–Trinajstić information content (AvgIpc) is 0.925. The van der Waals surface area contributed by atoms with Gasteiger partial charge in [-0.15, -0.1) is 0 Å². The van der Waals surface area contributed by atoms with Crippen molar-refractivity contribution in [3.8, 4) is 0 Å². The molecule has 107 heavy (non-hydrogen) atoms. The molecule has 3 unspecified atom stereocenters. The number of aliphatic hydroxyl groups excluding tert-OH is 1. The number of hydrogen-bond acceptors (Lipinski definition) is 15. The molecule has 0 aliphatic carbocycles. The Labute approximate surface area is 658 Å². The summed E-state index contributed by atoms with van der Waals surface area (Å²) in [4.78, 5) is 73.3. The number of esters is 4. The molecular formula is C88H172O17P2. The minimum Gasteiger partial charge on any atom is -0.462 e. The Kier molecular flexibility index (Phi) is 77.9. The van der Waals surface area contributed by atoms with Gasteiger partial charge in [0.2, 0.25) is 0 Å². The lowest BCUT2D eigenvalue weighted by Crippen LogP contribution is -2.30. The molecule has 0 saturated heterocycles. The number of ether oxygens (including phenoxy) is 4. The molecule has 0 amide bonds. The summed E-state index contributed by atoms with van der Waals surface area (Å²) >= 11 is 0. The fraction of sp³-hybridized carbons (Fsp3) is 0.955. The van der Waals surface area contributed by atoms with Crippen LogP contribution in [0.2, 0.25) is 0 Å². The van der Waals surface area contributed by atoms with E-state index in [0.717, 1.165) is 102 Å². The number of phosphoric ester groups is 2. The summed E-state index contributed by atoms with van der Waals surface area (Å²) in [5.41, 5.74) is 0. The third-order valence-electron chi connectivity index (χ3n) is 21.1. The number of rotatable bonds is 87. The molecule has 0 heterocycles. The molecule has 0 rings (SSSR count). The van der Waals surface area contributed by atoms with Gasteiger partial charge >= 0.3 is 39.5 Å². The van der Waals surface area contributed by atoms with Crippen LogP contribution >= 0.6 is 15.6 Å². The van der Waals surface area contributed by atoms with Crippen LogP contribution in [0, 0.1) is 11.8 Å². The van der Waals surface area contributed by atoms with Crippen LogP contribution in [0.15, 0.2) is 0 Å². The zero-order chi connectivity index (χ0) is 78.5. The SMILES string of the molecule is CCCCCCCCCCCCCCCCCCCC(=O)OC[C@H](COP(=O)(O)OC[C@@H](O)COP(=O)(O)OC[C@@H](COC(=O)CCCCCCCCCCCCCC)OC(=O)CCCCCCCCCCCCCCCC(C)C)OC(=O)CCCCCCCCCCCCCCCCCCCCC(C)CC. The number of hydrogen-bond donors (Lipinski definition) is 3. The molecule has 0 aliphatic rings. The third kappa shape index (κ3) is 80.5. The molecule has 636 valence electrons. The number of carbonyl (C=O) groups excluding carboxylic acids is 4. The van der Waals surface area contributed by atoms with Gasteiger partial charge in [-0.25, -0.2) is 9.13 Å². The molecule has 3 N–H and O–H groups in total. The summed E-state index contributed by atoms with van der Waals surface area (Å²) in [7, 11) is -9.93. The Balaban J connectivity index is 5.24. The first kappa shape index (κ1) is 105. The second-order valence-electron chi connectivity index (χ2n) is 32.4.